The van der Waals surface area contributed by atoms with Gasteiger partial charge in [-0.1, -0.05) is 42.5 Å². The van der Waals surface area contributed by atoms with Crippen LogP contribution >= 0.6 is 0 Å². The van der Waals surface area contributed by atoms with Crippen LogP contribution in [0.25, 0.3) is 0 Å². The summed E-state index contributed by atoms with van der Waals surface area (Å²) in [7, 11) is 0. The highest BCUT2D eigenvalue weighted by Crippen LogP contribution is 2.51. The van der Waals surface area contributed by atoms with Crippen molar-refractivity contribution in [2.45, 2.75) is 25.3 Å². The molecule has 8 nitrogen and oxygen atoms in total. The minimum atomic E-state index is -0.714. The Bertz CT molecular complexity index is 1110. The summed E-state index contributed by atoms with van der Waals surface area (Å²) in [6.45, 7) is 0. The van der Waals surface area contributed by atoms with Crippen LogP contribution in [0.2, 0.25) is 0 Å². The average Bonchev–Trinajstić information content (AvgIpc) is 3.11. The number of imide groups is 1. The highest BCUT2D eigenvalue weighted by Gasteiger charge is 2.58. The van der Waals surface area contributed by atoms with E-state index >= 15 is 0 Å². The minimum Gasteiger partial charge on any atom is -0.326 e. The lowest BCUT2D eigenvalue weighted by molar-refractivity contribution is -0.384. The number of nitro groups is 1. The molecule has 2 aromatic carbocycles. The van der Waals surface area contributed by atoms with E-state index in [1.807, 2.05) is 30.3 Å². The Hall–Kier alpha value is -3.81. The van der Waals surface area contributed by atoms with Crippen LogP contribution in [0.1, 0.15) is 30.9 Å². The second-order valence-electron chi connectivity index (χ2n) is 8.87. The molecule has 6 rings (SSSR count). The number of allylic oxidation sites excluding steroid dienone is 2. The van der Waals surface area contributed by atoms with Crippen LogP contribution in [0.3, 0.4) is 0 Å². The summed E-state index contributed by atoms with van der Waals surface area (Å²) in [5, 5.41) is 13.6. The molecule has 1 N–H and O–H groups in total. The fourth-order valence-corrected chi connectivity index (χ4v) is 5.49. The van der Waals surface area contributed by atoms with Crippen molar-refractivity contribution in [2.24, 2.45) is 23.7 Å². The van der Waals surface area contributed by atoms with Gasteiger partial charge in [0.1, 0.15) is 0 Å². The van der Waals surface area contributed by atoms with Crippen LogP contribution in [-0.2, 0) is 14.4 Å². The number of amides is 3. The highest BCUT2D eigenvalue weighted by molar-refractivity contribution is 6.07. The first-order valence-electron chi connectivity index (χ1n) is 11.1. The smallest absolute Gasteiger partial charge is 0.269 e. The van der Waals surface area contributed by atoms with Crippen molar-refractivity contribution >= 4 is 29.1 Å². The first-order chi connectivity index (χ1) is 15.9. The van der Waals surface area contributed by atoms with Gasteiger partial charge in [-0.15, -0.1) is 0 Å². The largest absolute Gasteiger partial charge is 0.326 e. The monoisotopic (exact) mass is 445 g/mol. The number of nitrogens with one attached hydrogen (secondary N) is 1. The molecular weight excluding hydrogens is 422 g/mol. The van der Waals surface area contributed by atoms with E-state index in [0.717, 1.165) is 18.4 Å². The molecule has 1 saturated carbocycles. The van der Waals surface area contributed by atoms with Crippen LogP contribution in [0, 0.1) is 33.8 Å². The number of benzene rings is 2. The normalized spacial score (nSPS) is 26.2. The minimum absolute atomic E-state index is 0.0748. The number of nitrogens with zero attached hydrogens (tertiary/aromatic N) is 2. The average molecular weight is 445 g/mol. The predicted octanol–water partition coefficient (Wildman–Crippen LogP) is 3.86. The molecule has 2 fully saturated rings. The van der Waals surface area contributed by atoms with Crippen LogP contribution in [0.15, 0.2) is 66.7 Å². The summed E-state index contributed by atoms with van der Waals surface area (Å²) in [6, 6.07) is 13.9. The van der Waals surface area contributed by atoms with Crippen LogP contribution in [-0.4, -0.2) is 27.5 Å². The Morgan fingerprint density at radius 3 is 2.06 bits per heavy atom. The first-order valence-corrected chi connectivity index (χ1v) is 11.1. The molecule has 2 bridgehead atoms. The molecule has 168 valence electrons. The summed E-state index contributed by atoms with van der Waals surface area (Å²) >= 11 is 0. The van der Waals surface area contributed by atoms with Crippen molar-refractivity contribution in [3.8, 4) is 0 Å². The SMILES string of the molecule is O=C(C[C@@H](c1ccccc1)N1C(=O)[C@@H]2[C@H](C1=O)[C@H]1C=C[C@H]2CC1)Nc1ccc([N+](=O)[O-])cc1. The molecule has 1 saturated heterocycles. The van der Waals surface area contributed by atoms with Gasteiger partial charge in [-0.05, 0) is 42.4 Å². The Morgan fingerprint density at radius 1 is 0.970 bits per heavy atom. The van der Waals surface area contributed by atoms with E-state index in [-0.39, 0.29) is 53.5 Å². The van der Waals surface area contributed by atoms with E-state index in [1.54, 1.807) is 0 Å². The van der Waals surface area contributed by atoms with Gasteiger partial charge in [0, 0.05) is 17.8 Å². The van der Waals surface area contributed by atoms with Gasteiger partial charge in [0.25, 0.3) is 5.69 Å². The highest BCUT2D eigenvalue weighted by atomic mass is 16.6. The Labute approximate surface area is 190 Å². The Kier molecular flexibility index (Phi) is 5.28. The molecule has 2 aromatic rings. The van der Waals surface area contributed by atoms with Crippen molar-refractivity contribution in [1.82, 2.24) is 4.90 Å². The zero-order chi connectivity index (χ0) is 23.1. The zero-order valence-electron chi connectivity index (χ0n) is 17.8. The number of carbonyl (C=O) groups is 3. The molecule has 3 amide bonds. The van der Waals surface area contributed by atoms with E-state index in [1.165, 1.54) is 29.2 Å². The number of fused-ring (bicyclic) bond motifs is 1. The van der Waals surface area contributed by atoms with Crippen molar-refractivity contribution in [3.63, 3.8) is 0 Å². The lowest BCUT2D eigenvalue weighted by Crippen LogP contribution is -2.38. The van der Waals surface area contributed by atoms with Gasteiger partial charge in [0.05, 0.1) is 29.2 Å². The van der Waals surface area contributed by atoms with Gasteiger partial charge in [-0.2, -0.15) is 0 Å². The molecule has 0 aromatic heterocycles. The molecule has 0 spiro atoms. The molecule has 0 unspecified atom stereocenters. The fraction of sp³-hybridized carbons (Fsp3) is 0.320. The summed E-state index contributed by atoms with van der Waals surface area (Å²) in [5.41, 5.74) is 1.05. The third-order valence-corrected chi connectivity index (χ3v) is 7.03. The van der Waals surface area contributed by atoms with Crippen molar-refractivity contribution < 1.29 is 19.3 Å². The fourth-order valence-electron chi connectivity index (χ4n) is 5.49. The summed E-state index contributed by atoms with van der Waals surface area (Å²) < 4.78 is 0. The predicted molar refractivity (Wildman–Crippen MR) is 120 cm³/mol. The number of rotatable bonds is 6. The lowest BCUT2D eigenvalue weighted by Gasteiger charge is -2.38. The van der Waals surface area contributed by atoms with Gasteiger partial charge >= 0.3 is 0 Å². The lowest BCUT2D eigenvalue weighted by atomic mass is 9.63. The summed E-state index contributed by atoms with van der Waals surface area (Å²) in [5.74, 6) is -1.30. The maximum Gasteiger partial charge on any atom is 0.269 e. The summed E-state index contributed by atoms with van der Waals surface area (Å²) in [6.07, 6.45) is 5.87. The van der Waals surface area contributed by atoms with Crippen LogP contribution in [0.5, 0.6) is 0 Å². The second kappa shape index (κ2) is 8.27. The van der Waals surface area contributed by atoms with E-state index < -0.39 is 11.0 Å². The van der Waals surface area contributed by atoms with Gasteiger partial charge in [0.2, 0.25) is 17.7 Å². The number of nitro benzene ring substituents is 1. The topological polar surface area (TPSA) is 110 Å². The molecule has 8 heteroatoms. The number of hydrogen-bond acceptors (Lipinski definition) is 5. The van der Waals surface area contributed by atoms with E-state index in [2.05, 4.69) is 17.5 Å². The van der Waals surface area contributed by atoms with Crippen molar-refractivity contribution in [3.05, 3.63) is 82.4 Å². The zero-order valence-corrected chi connectivity index (χ0v) is 17.8. The Morgan fingerprint density at radius 2 is 1.55 bits per heavy atom. The van der Waals surface area contributed by atoms with Gasteiger partial charge < -0.3 is 5.32 Å². The molecule has 4 aliphatic rings. The van der Waals surface area contributed by atoms with Gasteiger partial charge in [0.15, 0.2) is 0 Å². The van der Waals surface area contributed by atoms with E-state index in [0.29, 0.717) is 5.69 Å². The van der Waals surface area contributed by atoms with Crippen molar-refractivity contribution in [1.29, 1.82) is 0 Å². The second-order valence-corrected chi connectivity index (χ2v) is 8.87. The number of likely N-dealkylation sites (tertiary alicyclic amines) is 1. The standard InChI is InChI=1S/C25H23N3O5/c29-21(26-18-10-12-19(13-11-18)28(32)33)14-20(15-4-2-1-3-5-15)27-24(30)22-16-6-7-17(9-8-16)23(22)25(27)31/h1-7,10-13,16-17,20,22-23H,8-9,14H2,(H,26,29)/t16-,17-,20-,22-,23+/m0/s1. The molecule has 33 heavy (non-hydrogen) atoms. The number of anilines is 1. The van der Waals surface area contributed by atoms with Crippen LogP contribution in [0.4, 0.5) is 11.4 Å². The molecule has 3 aliphatic carbocycles. The van der Waals surface area contributed by atoms with E-state index in [4.69, 9.17) is 0 Å². The quantitative estimate of drug-likeness (QED) is 0.314. The molecular formula is C25H23N3O5. The molecule has 0 radical (unpaired) electrons. The number of non-ortho nitro benzene ring substituents is 1. The molecule has 1 aliphatic heterocycles. The molecule has 5 atom stereocenters. The Balaban J connectivity index is 1.40. The third kappa shape index (κ3) is 3.71. The van der Waals surface area contributed by atoms with E-state index in [9.17, 15) is 24.5 Å². The molecule has 1 heterocycles. The van der Waals surface area contributed by atoms with Gasteiger partial charge in [-0.25, -0.2) is 0 Å². The first kappa shape index (κ1) is 21.1. The van der Waals surface area contributed by atoms with Crippen molar-refractivity contribution in [2.75, 3.05) is 5.32 Å². The summed E-state index contributed by atoms with van der Waals surface area (Å²) in [4.78, 5) is 51.5. The number of carbonyl (C=O) groups excluding carboxylic acids is 3. The maximum absolute atomic E-state index is 13.5. The number of hydrogen-bond donors (Lipinski definition) is 1. The maximum atomic E-state index is 13.5. The van der Waals surface area contributed by atoms with Gasteiger partial charge in [-0.3, -0.25) is 29.4 Å². The van der Waals surface area contributed by atoms with Crippen LogP contribution < -0.4 is 5.32 Å². The third-order valence-electron chi connectivity index (χ3n) is 7.03.